The van der Waals surface area contributed by atoms with Crippen LogP contribution in [0.5, 0.6) is 0 Å². The van der Waals surface area contributed by atoms with Crippen LogP contribution in [0.2, 0.25) is 0 Å². The van der Waals surface area contributed by atoms with E-state index in [1.165, 1.54) is 24.9 Å². The summed E-state index contributed by atoms with van der Waals surface area (Å²) in [6, 6.07) is 6.39. The zero-order chi connectivity index (χ0) is 15.2. The van der Waals surface area contributed by atoms with Crippen LogP contribution in [0, 0.1) is 0 Å². The normalized spacial score (nSPS) is 16.1. The summed E-state index contributed by atoms with van der Waals surface area (Å²) < 4.78 is 0. The Kier molecular flexibility index (Phi) is 5.03. The van der Waals surface area contributed by atoms with Gasteiger partial charge >= 0.3 is 6.03 Å². The first-order valence-corrected chi connectivity index (χ1v) is 7.28. The monoisotopic (exact) mass is 290 g/mol. The molecule has 21 heavy (non-hydrogen) atoms. The zero-order valence-electron chi connectivity index (χ0n) is 12.3. The largest absolute Gasteiger partial charge is 0.372 e. The number of hydrogen-bond donors (Lipinski definition) is 3. The standard InChI is InChI=1S/C15H22N4O2/c1-11(17-15(16)21)14(20)18-12-5-7-13(8-6-12)19-9-3-2-4-10-19/h5-8,11H,2-4,9-10H2,1H3,(H,18,20)(H3,16,17,21). The summed E-state index contributed by atoms with van der Waals surface area (Å²) in [7, 11) is 0. The quantitative estimate of drug-likeness (QED) is 0.788. The van der Waals surface area contributed by atoms with Crippen molar-refractivity contribution in [2.45, 2.75) is 32.2 Å². The lowest BCUT2D eigenvalue weighted by Gasteiger charge is -2.28. The van der Waals surface area contributed by atoms with Crippen LogP contribution in [-0.2, 0) is 4.79 Å². The Morgan fingerprint density at radius 1 is 1.14 bits per heavy atom. The molecule has 1 aromatic carbocycles. The SMILES string of the molecule is CC(NC(N)=O)C(=O)Nc1ccc(N2CCCCC2)cc1. The lowest BCUT2D eigenvalue weighted by Crippen LogP contribution is -2.44. The van der Waals surface area contributed by atoms with Gasteiger partial charge in [0.25, 0.3) is 0 Å². The van der Waals surface area contributed by atoms with E-state index in [2.05, 4.69) is 15.5 Å². The molecule has 1 aliphatic rings. The first-order valence-electron chi connectivity index (χ1n) is 7.28. The third kappa shape index (κ3) is 4.37. The first kappa shape index (κ1) is 15.2. The van der Waals surface area contributed by atoms with Crippen molar-refractivity contribution in [3.63, 3.8) is 0 Å². The van der Waals surface area contributed by atoms with E-state index in [1.807, 2.05) is 24.3 Å². The Morgan fingerprint density at radius 3 is 2.33 bits per heavy atom. The number of nitrogens with zero attached hydrogens (tertiary/aromatic N) is 1. The fourth-order valence-electron chi connectivity index (χ4n) is 2.44. The molecule has 2 rings (SSSR count). The lowest BCUT2D eigenvalue weighted by atomic mass is 10.1. The number of hydrogen-bond acceptors (Lipinski definition) is 3. The number of nitrogens with one attached hydrogen (secondary N) is 2. The van der Waals surface area contributed by atoms with Crippen molar-refractivity contribution in [3.8, 4) is 0 Å². The molecular formula is C15H22N4O2. The van der Waals surface area contributed by atoms with Gasteiger partial charge in [-0.25, -0.2) is 4.79 Å². The Labute approximate surface area is 124 Å². The predicted octanol–water partition coefficient (Wildman–Crippen LogP) is 1.67. The molecule has 4 N–H and O–H groups in total. The highest BCUT2D eigenvalue weighted by Gasteiger charge is 2.14. The maximum atomic E-state index is 11.8. The van der Waals surface area contributed by atoms with Crippen LogP contribution in [0.25, 0.3) is 0 Å². The highest BCUT2D eigenvalue weighted by atomic mass is 16.2. The molecule has 0 radical (unpaired) electrons. The summed E-state index contributed by atoms with van der Waals surface area (Å²) >= 11 is 0. The van der Waals surface area contributed by atoms with Gasteiger partial charge in [-0.2, -0.15) is 0 Å². The zero-order valence-corrected chi connectivity index (χ0v) is 12.3. The summed E-state index contributed by atoms with van der Waals surface area (Å²) in [5.74, 6) is -0.292. The molecule has 0 spiro atoms. The number of rotatable bonds is 4. The van der Waals surface area contributed by atoms with Crippen LogP contribution in [0.15, 0.2) is 24.3 Å². The van der Waals surface area contributed by atoms with Gasteiger partial charge in [-0.1, -0.05) is 0 Å². The number of anilines is 2. The van der Waals surface area contributed by atoms with Crippen LogP contribution in [0.4, 0.5) is 16.2 Å². The first-order chi connectivity index (χ1) is 10.1. The molecule has 1 heterocycles. The van der Waals surface area contributed by atoms with Gasteiger partial charge < -0.3 is 21.3 Å². The highest BCUT2D eigenvalue weighted by Crippen LogP contribution is 2.21. The topological polar surface area (TPSA) is 87.5 Å². The molecule has 1 fully saturated rings. The number of piperidine rings is 1. The highest BCUT2D eigenvalue weighted by molar-refractivity contribution is 5.96. The van der Waals surface area contributed by atoms with E-state index < -0.39 is 12.1 Å². The van der Waals surface area contributed by atoms with E-state index in [0.717, 1.165) is 13.1 Å². The van der Waals surface area contributed by atoms with Gasteiger partial charge in [-0.05, 0) is 50.5 Å². The summed E-state index contributed by atoms with van der Waals surface area (Å²) in [5.41, 5.74) is 6.88. The molecule has 1 atom stereocenters. The van der Waals surface area contributed by atoms with Crippen molar-refractivity contribution in [1.82, 2.24) is 5.32 Å². The summed E-state index contributed by atoms with van der Waals surface area (Å²) in [6.45, 7) is 3.76. The maximum Gasteiger partial charge on any atom is 0.312 e. The molecule has 6 nitrogen and oxygen atoms in total. The number of nitrogens with two attached hydrogens (primary N) is 1. The van der Waals surface area contributed by atoms with Crippen LogP contribution in [0.1, 0.15) is 26.2 Å². The number of urea groups is 1. The molecule has 6 heteroatoms. The van der Waals surface area contributed by atoms with Crippen LogP contribution >= 0.6 is 0 Å². The minimum atomic E-state index is -0.710. The Balaban J connectivity index is 1.92. The molecule has 0 aromatic heterocycles. The second-order valence-electron chi connectivity index (χ2n) is 5.31. The van der Waals surface area contributed by atoms with Crippen LogP contribution in [0.3, 0.4) is 0 Å². The van der Waals surface area contributed by atoms with Gasteiger partial charge in [-0.3, -0.25) is 4.79 Å². The molecule has 1 saturated heterocycles. The molecule has 3 amide bonds. The number of carbonyl (C=O) groups is 2. The minimum Gasteiger partial charge on any atom is -0.372 e. The van der Waals surface area contributed by atoms with Crippen molar-refractivity contribution in [2.75, 3.05) is 23.3 Å². The summed E-state index contributed by atoms with van der Waals surface area (Å²) in [4.78, 5) is 24.9. The van der Waals surface area contributed by atoms with Gasteiger partial charge in [0.1, 0.15) is 6.04 Å². The van der Waals surface area contributed by atoms with E-state index in [9.17, 15) is 9.59 Å². The van der Waals surface area contributed by atoms with Crippen LogP contribution < -0.4 is 21.3 Å². The summed E-state index contributed by atoms with van der Waals surface area (Å²) in [6.07, 6.45) is 3.76. The molecule has 1 aliphatic heterocycles. The second-order valence-corrected chi connectivity index (χ2v) is 5.31. The van der Waals surface area contributed by atoms with Crippen molar-refractivity contribution in [2.24, 2.45) is 5.73 Å². The molecule has 0 bridgehead atoms. The van der Waals surface area contributed by atoms with Crippen molar-refractivity contribution in [1.29, 1.82) is 0 Å². The Bertz CT molecular complexity index is 495. The Morgan fingerprint density at radius 2 is 1.76 bits per heavy atom. The van der Waals surface area contributed by atoms with E-state index >= 15 is 0 Å². The van der Waals surface area contributed by atoms with Gasteiger partial charge in [0, 0.05) is 24.5 Å². The molecule has 114 valence electrons. The number of primary amides is 1. The van der Waals surface area contributed by atoms with Crippen LogP contribution in [-0.4, -0.2) is 31.1 Å². The average molecular weight is 290 g/mol. The van der Waals surface area contributed by atoms with E-state index in [-0.39, 0.29) is 5.91 Å². The second kappa shape index (κ2) is 6.97. The minimum absolute atomic E-state index is 0.292. The molecule has 0 aliphatic carbocycles. The number of carbonyl (C=O) groups excluding carboxylic acids is 2. The number of benzene rings is 1. The van der Waals surface area contributed by atoms with E-state index in [1.54, 1.807) is 6.92 Å². The van der Waals surface area contributed by atoms with Crippen molar-refractivity contribution in [3.05, 3.63) is 24.3 Å². The Hall–Kier alpha value is -2.24. The summed E-state index contributed by atoms with van der Waals surface area (Å²) in [5, 5.41) is 5.09. The van der Waals surface area contributed by atoms with Crippen molar-refractivity contribution < 1.29 is 9.59 Å². The van der Waals surface area contributed by atoms with E-state index in [0.29, 0.717) is 5.69 Å². The molecule has 1 unspecified atom stereocenters. The fourth-order valence-corrected chi connectivity index (χ4v) is 2.44. The van der Waals surface area contributed by atoms with E-state index in [4.69, 9.17) is 5.73 Å². The fraction of sp³-hybridized carbons (Fsp3) is 0.467. The third-order valence-electron chi connectivity index (χ3n) is 3.61. The smallest absolute Gasteiger partial charge is 0.312 e. The van der Waals surface area contributed by atoms with Gasteiger partial charge in [-0.15, -0.1) is 0 Å². The van der Waals surface area contributed by atoms with Gasteiger partial charge in [0.2, 0.25) is 5.91 Å². The lowest BCUT2D eigenvalue weighted by molar-refractivity contribution is -0.117. The molecule has 0 saturated carbocycles. The molecule has 1 aromatic rings. The van der Waals surface area contributed by atoms with Gasteiger partial charge in [0.05, 0.1) is 0 Å². The maximum absolute atomic E-state index is 11.8. The average Bonchev–Trinajstić information content (AvgIpc) is 2.48. The van der Waals surface area contributed by atoms with Gasteiger partial charge in [0.15, 0.2) is 0 Å². The number of amides is 3. The van der Waals surface area contributed by atoms with Crippen molar-refractivity contribution >= 4 is 23.3 Å². The predicted molar refractivity (Wildman–Crippen MR) is 83.3 cm³/mol. The third-order valence-corrected chi connectivity index (χ3v) is 3.61. The molecular weight excluding hydrogens is 268 g/mol.